The van der Waals surface area contributed by atoms with Crippen LogP contribution in [0.3, 0.4) is 0 Å². The number of amides is 2. The summed E-state index contributed by atoms with van der Waals surface area (Å²) in [6, 6.07) is 7.45. The Bertz CT molecular complexity index is 1070. The molecule has 0 radical (unpaired) electrons. The zero-order chi connectivity index (χ0) is 24.5. The molecule has 0 aliphatic carbocycles. The number of hydrazone groups is 1. The quantitative estimate of drug-likeness (QED) is 0.178. The summed E-state index contributed by atoms with van der Waals surface area (Å²) in [4.78, 5) is 28.3. The van der Waals surface area contributed by atoms with E-state index in [1.165, 1.54) is 13.3 Å². The minimum atomic E-state index is -1.08. The number of allylic oxidation sites excluding steroid dienone is 1. The lowest BCUT2D eigenvalue weighted by Crippen LogP contribution is -2.45. The summed E-state index contributed by atoms with van der Waals surface area (Å²) in [5.41, 5.74) is 4.63. The highest BCUT2D eigenvalue weighted by atomic mass is 16.5. The lowest BCUT2D eigenvalue weighted by molar-refractivity contribution is -0.136. The first-order valence-electron chi connectivity index (χ1n) is 10.6. The maximum Gasteiger partial charge on any atom is 0.337 e. The molecule has 4 N–H and O–H groups in total. The number of rotatable bonds is 10. The smallest absolute Gasteiger partial charge is 0.337 e. The van der Waals surface area contributed by atoms with Crippen molar-refractivity contribution in [3.63, 3.8) is 0 Å². The molecule has 34 heavy (non-hydrogen) atoms. The third-order valence-corrected chi connectivity index (χ3v) is 4.79. The van der Waals surface area contributed by atoms with Gasteiger partial charge in [-0.2, -0.15) is 5.10 Å². The van der Waals surface area contributed by atoms with E-state index < -0.39 is 24.3 Å². The minimum absolute atomic E-state index is 0.111. The average Bonchev–Trinajstić information content (AvgIpc) is 2.83. The lowest BCUT2D eigenvalue weighted by Gasteiger charge is -2.28. The molecular formula is C23H27N5O6. The molecule has 2 atom stereocenters. The number of aliphatic hydroxyl groups is 1. The molecule has 0 saturated carbocycles. The van der Waals surface area contributed by atoms with Gasteiger partial charge in [0.05, 0.1) is 31.5 Å². The van der Waals surface area contributed by atoms with Crippen LogP contribution in [0.4, 0.5) is 4.79 Å². The van der Waals surface area contributed by atoms with Gasteiger partial charge in [0, 0.05) is 23.7 Å². The summed E-state index contributed by atoms with van der Waals surface area (Å²) in [7, 11) is 1.28. The molecule has 1 aromatic heterocycles. The van der Waals surface area contributed by atoms with Crippen LogP contribution in [0.1, 0.15) is 31.0 Å². The van der Waals surface area contributed by atoms with Crippen molar-refractivity contribution in [2.75, 3.05) is 20.3 Å². The Kier molecular flexibility index (Phi) is 8.41. The Hall–Kier alpha value is -4.12. The second-order valence-electron chi connectivity index (χ2n) is 7.20. The molecule has 0 bridgehead atoms. The molecule has 2 amide bonds. The molecule has 180 valence electrons. The molecule has 3 rings (SSSR count). The standard InChI is InChI=1S/C23H27N5O6/c1-4-33-18-10-16(21-20(22(30)32-3)14(2)26-23(31)27-21)7-8-17(18)34-13-19(29)28-25-12-15-6-5-9-24-11-15/h5-12,19,21,28-29H,4,13H2,1-3H3,(H2,26,27,31)/b25-12-/t19-,21+/m1/s1. The first-order chi connectivity index (χ1) is 16.4. The molecule has 2 heterocycles. The number of benzene rings is 1. The predicted molar refractivity (Wildman–Crippen MR) is 123 cm³/mol. The third-order valence-electron chi connectivity index (χ3n) is 4.79. The highest BCUT2D eigenvalue weighted by Gasteiger charge is 2.32. The number of aliphatic hydroxyl groups excluding tert-OH is 1. The maximum absolute atomic E-state index is 12.3. The highest BCUT2D eigenvalue weighted by Crippen LogP contribution is 2.34. The van der Waals surface area contributed by atoms with E-state index in [4.69, 9.17) is 14.2 Å². The van der Waals surface area contributed by atoms with Crippen molar-refractivity contribution in [3.8, 4) is 11.5 Å². The summed E-state index contributed by atoms with van der Waals surface area (Å²) in [5, 5.41) is 19.4. The number of urea groups is 1. The number of carbonyl (C=O) groups is 2. The van der Waals surface area contributed by atoms with E-state index in [0.29, 0.717) is 29.4 Å². The Morgan fingerprint density at radius 2 is 2.15 bits per heavy atom. The summed E-state index contributed by atoms with van der Waals surface area (Å²) in [6.07, 6.45) is 3.74. The van der Waals surface area contributed by atoms with E-state index in [2.05, 4.69) is 26.1 Å². The summed E-state index contributed by atoms with van der Waals surface area (Å²) < 4.78 is 16.3. The van der Waals surface area contributed by atoms with Gasteiger partial charge in [-0.3, -0.25) is 10.4 Å². The second-order valence-corrected chi connectivity index (χ2v) is 7.20. The van der Waals surface area contributed by atoms with Gasteiger partial charge in [-0.1, -0.05) is 12.1 Å². The number of hydrogen-bond donors (Lipinski definition) is 4. The Balaban J connectivity index is 1.72. The summed E-state index contributed by atoms with van der Waals surface area (Å²) in [6.45, 7) is 3.69. The SMILES string of the molecule is CCOc1cc([C@@H]2NC(=O)NC(C)=C2C(=O)OC)ccc1OC[C@@H](O)N/N=C\c1cccnc1. The van der Waals surface area contributed by atoms with Crippen molar-refractivity contribution >= 4 is 18.2 Å². The largest absolute Gasteiger partial charge is 0.490 e. The van der Waals surface area contributed by atoms with Crippen LogP contribution in [-0.4, -0.2) is 54.9 Å². The van der Waals surface area contributed by atoms with E-state index >= 15 is 0 Å². The minimum Gasteiger partial charge on any atom is -0.490 e. The second kappa shape index (κ2) is 11.7. The van der Waals surface area contributed by atoms with Crippen LogP contribution in [0.15, 0.2) is 59.1 Å². The van der Waals surface area contributed by atoms with Crippen molar-refractivity contribution in [3.05, 3.63) is 65.1 Å². The van der Waals surface area contributed by atoms with Crippen LogP contribution in [0, 0.1) is 0 Å². The van der Waals surface area contributed by atoms with E-state index in [0.717, 1.165) is 5.56 Å². The molecule has 0 unspecified atom stereocenters. The third kappa shape index (κ3) is 6.23. The fourth-order valence-corrected chi connectivity index (χ4v) is 3.27. The monoisotopic (exact) mass is 469 g/mol. The Labute approximate surface area is 196 Å². The van der Waals surface area contributed by atoms with Crippen LogP contribution in [0.25, 0.3) is 0 Å². The predicted octanol–water partition coefficient (Wildman–Crippen LogP) is 1.60. The van der Waals surface area contributed by atoms with Gasteiger partial charge >= 0.3 is 12.0 Å². The summed E-state index contributed by atoms with van der Waals surface area (Å²) >= 11 is 0. The average molecular weight is 469 g/mol. The topological polar surface area (TPSA) is 143 Å². The fourth-order valence-electron chi connectivity index (χ4n) is 3.27. The van der Waals surface area contributed by atoms with Crippen LogP contribution < -0.4 is 25.5 Å². The van der Waals surface area contributed by atoms with Gasteiger partial charge in [-0.25, -0.2) is 9.59 Å². The molecule has 0 saturated heterocycles. The van der Waals surface area contributed by atoms with Crippen molar-refractivity contribution < 1.29 is 28.9 Å². The van der Waals surface area contributed by atoms with Crippen LogP contribution in [-0.2, 0) is 9.53 Å². The van der Waals surface area contributed by atoms with Gasteiger partial charge in [0.2, 0.25) is 0 Å². The van der Waals surface area contributed by atoms with Crippen molar-refractivity contribution in [2.24, 2.45) is 5.10 Å². The number of pyridine rings is 1. The van der Waals surface area contributed by atoms with Crippen LogP contribution in [0.2, 0.25) is 0 Å². The number of hydrogen-bond acceptors (Lipinski definition) is 9. The first kappa shape index (κ1) is 24.5. The van der Waals surface area contributed by atoms with Gasteiger partial charge < -0.3 is 30.0 Å². The van der Waals surface area contributed by atoms with Crippen molar-refractivity contribution in [1.82, 2.24) is 21.0 Å². The number of aromatic nitrogens is 1. The lowest BCUT2D eigenvalue weighted by atomic mass is 9.95. The number of nitrogens with zero attached hydrogens (tertiary/aromatic N) is 2. The van der Waals surface area contributed by atoms with Gasteiger partial charge in [0.15, 0.2) is 17.7 Å². The number of ether oxygens (including phenoxy) is 3. The highest BCUT2D eigenvalue weighted by molar-refractivity contribution is 5.95. The van der Waals surface area contributed by atoms with Crippen LogP contribution in [0.5, 0.6) is 11.5 Å². The molecule has 11 nitrogen and oxygen atoms in total. The summed E-state index contributed by atoms with van der Waals surface area (Å²) in [5.74, 6) is 0.207. The van der Waals surface area contributed by atoms with E-state index in [1.807, 2.05) is 13.0 Å². The van der Waals surface area contributed by atoms with Gasteiger partial charge in [0.1, 0.15) is 6.61 Å². The Morgan fingerprint density at radius 3 is 2.85 bits per heavy atom. The zero-order valence-corrected chi connectivity index (χ0v) is 19.1. The number of carbonyl (C=O) groups excluding carboxylic acids is 2. The maximum atomic E-state index is 12.3. The molecule has 2 aromatic rings. The molecular weight excluding hydrogens is 442 g/mol. The van der Waals surface area contributed by atoms with Gasteiger partial charge in [0.25, 0.3) is 0 Å². The van der Waals surface area contributed by atoms with Crippen molar-refractivity contribution in [2.45, 2.75) is 26.1 Å². The van der Waals surface area contributed by atoms with E-state index in [1.54, 1.807) is 43.6 Å². The van der Waals surface area contributed by atoms with Gasteiger partial charge in [-0.05, 0) is 37.6 Å². The normalized spacial score (nSPS) is 16.5. The van der Waals surface area contributed by atoms with Crippen molar-refractivity contribution in [1.29, 1.82) is 0 Å². The Morgan fingerprint density at radius 1 is 1.32 bits per heavy atom. The number of esters is 1. The fraction of sp³-hybridized carbons (Fsp3) is 0.304. The molecule has 1 aliphatic heterocycles. The van der Waals surface area contributed by atoms with Gasteiger partial charge in [-0.15, -0.1) is 0 Å². The first-order valence-corrected chi connectivity index (χ1v) is 10.6. The molecule has 0 fully saturated rings. The molecule has 0 spiro atoms. The zero-order valence-electron chi connectivity index (χ0n) is 19.1. The molecule has 1 aliphatic rings. The number of nitrogens with one attached hydrogen (secondary N) is 3. The van der Waals surface area contributed by atoms with Crippen LogP contribution >= 0.6 is 0 Å². The van der Waals surface area contributed by atoms with E-state index in [-0.39, 0.29) is 12.2 Å². The number of methoxy groups -OCH3 is 1. The molecule has 11 heteroatoms. The van der Waals surface area contributed by atoms with E-state index in [9.17, 15) is 14.7 Å². The molecule has 1 aromatic carbocycles.